The quantitative estimate of drug-likeness (QED) is 0.776. The van der Waals surface area contributed by atoms with Gasteiger partial charge in [-0.05, 0) is 56.7 Å². The van der Waals surface area contributed by atoms with Crippen molar-refractivity contribution < 1.29 is 9.53 Å². The number of thiazole rings is 1. The van der Waals surface area contributed by atoms with Gasteiger partial charge in [0, 0.05) is 23.2 Å². The van der Waals surface area contributed by atoms with Gasteiger partial charge in [-0.2, -0.15) is 5.10 Å². The summed E-state index contributed by atoms with van der Waals surface area (Å²) in [5, 5.41) is 10.0. The first-order valence-electron chi connectivity index (χ1n) is 10.5. The van der Waals surface area contributed by atoms with E-state index in [1.54, 1.807) is 11.3 Å². The molecule has 1 N–H and O–H groups in total. The van der Waals surface area contributed by atoms with Crippen LogP contribution < -0.4 is 14.9 Å². The van der Waals surface area contributed by atoms with Crippen LogP contribution in [0.3, 0.4) is 0 Å². The molecule has 0 atom stereocenters. The molecule has 1 aromatic carbocycles. The summed E-state index contributed by atoms with van der Waals surface area (Å²) in [6.07, 6.45) is 7.17. The van der Waals surface area contributed by atoms with Gasteiger partial charge >= 0.3 is 0 Å². The molecule has 6 nitrogen and oxygen atoms in total. The van der Waals surface area contributed by atoms with Gasteiger partial charge in [0.05, 0.1) is 11.4 Å². The molecule has 0 unspecified atom stereocenters. The third-order valence-electron chi connectivity index (χ3n) is 5.51. The maximum absolute atomic E-state index is 11.7. The fraction of sp³-hybridized carbons (Fsp3) is 0.500. The first-order valence-corrected chi connectivity index (χ1v) is 11.4. The van der Waals surface area contributed by atoms with E-state index in [0.29, 0.717) is 11.4 Å². The smallest absolute Gasteiger partial charge is 0.262 e. The van der Waals surface area contributed by atoms with Crippen molar-refractivity contribution in [2.45, 2.75) is 52.4 Å². The van der Waals surface area contributed by atoms with Crippen LogP contribution in [0.25, 0.3) is 11.3 Å². The highest BCUT2D eigenvalue weighted by atomic mass is 32.1. The van der Waals surface area contributed by atoms with E-state index >= 15 is 0 Å². The minimum absolute atomic E-state index is 0.0665. The number of rotatable bonds is 5. The Kier molecular flexibility index (Phi) is 6.13. The van der Waals surface area contributed by atoms with Gasteiger partial charge in [-0.25, -0.2) is 4.68 Å². The molecule has 1 aliphatic heterocycles. The number of nitrogens with zero attached hydrogens (tertiary/aromatic N) is 3. The Morgan fingerprint density at radius 1 is 1.28 bits per heavy atom. The standard InChI is InChI=1S/C22H28N4O2S/c1-3-5-15-6-9-17(10-7-15)25-26-19(14-29-22(26)23-4-2)16-8-11-20-18(12-16)24-21(27)13-28-20/h8,11-12,14-15H,3-7,9-10,13H2,1-2H3,(H,24,27). The molecule has 1 amide bonds. The van der Waals surface area contributed by atoms with Crippen molar-refractivity contribution in [1.29, 1.82) is 0 Å². The van der Waals surface area contributed by atoms with E-state index in [9.17, 15) is 4.79 Å². The van der Waals surface area contributed by atoms with Gasteiger partial charge in [0.25, 0.3) is 5.91 Å². The number of ether oxygens (including phenoxy) is 1. The third kappa shape index (κ3) is 4.45. The number of hydrogen-bond acceptors (Lipinski definition) is 5. The summed E-state index contributed by atoms with van der Waals surface area (Å²) >= 11 is 1.60. The van der Waals surface area contributed by atoms with Crippen LogP contribution in [0.15, 0.2) is 33.7 Å². The van der Waals surface area contributed by atoms with Gasteiger partial charge in [-0.1, -0.05) is 19.8 Å². The molecule has 1 aromatic heterocycles. The first kappa shape index (κ1) is 19.9. The zero-order valence-corrected chi connectivity index (χ0v) is 17.9. The maximum atomic E-state index is 11.7. The number of carbonyl (C=O) groups is 1. The average Bonchev–Trinajstić information content (AvgIpc) is 3.11. The molecule has 0 saturated heterocycles. The Balaban J connectivity index is 1.68. The lowest BCUT2D eigenvalue weighted by molar-refractivity contribution is -0.118. The second-order valence-corrected chi connectivity index (χ2v) is 8.47. The van der Waals surface area contributed by atoms with E-state index in [-0.39, 0.29) is 12.5 Å². The van der Waals surface area contributed by atoms with Crippen molar-refractivity contribution >= 4 is 28.6 Å². The number of benzene rings is 1. The molecule has 1 saturated carbocycles. The molecule has 0 radical (unpaired) electrons. The summed E-state index contributed by atoms with van der Waals surface area (Å²) in [6, 6.07) is 5.88. The molecule has 1 aliphatic carbocycles. The molecule has 2 heterocycles. The molecule has 7 heteroatoms. The lowest BCUT2D eigenvalue weighted by Gasteiger charge is -2.22. The SMILES string of the molecule is CCCC1CCC(=Nn2c(-c3ccc4c(c3)NC(=O)CO4)csc2=NCC)CC1. The van der Waals surface area contributed by atoms with Crippen molar-refractivity contribution in [1.82, 2.24) is 4.68 Å². The third-order valence-corrected chi connectivity index (χ3v) is 6.36. The zero-order chi connectivity index (χ0) is 20.2. The van der Waals surface area contributed by atoms with Gasteiger partial charge in [-0.15, -0.1) is 11.3 Å². The van der Waals surface area contributed by atoms with E-state index in [2.05, 4.69) is 22.6 Å². The van der Waals surface area contributed by atoms with Gasteiger partial charge in [-0.3, -0.25) is 9.79 Å². The van der Waals surface area contributed by atoms with Crippen molar-refractivity contribution in [3.05, 3.63) is 28.4 Å². The molecule has 0 bridgehead atoms. The van der Waals surface area contributed by atoms with Crippen molar-refractivity contribution in [3.63, 3.8) is 0 Å². The predicted molar refractivity (Wildman–Crippen MR) is 118 cm³/mol. The first-order chi connectivity index (χ1) is 14.2. The summed E-state index contributed by atoms with van der Waals surface area (Å²) in [7, 11) is 0. The fourth-order valence-corrected chi connectivity index (χ4v) is 4.93. The maximum Gasteiger partial charge on any atom is 0.262 e. The lowest BCUT2D eigenvalue weighted by Crippen LogP contribution is -2.25. The highest BCUT2D eigenvalue weighted by Crippen LogP contribution is 2.33. The minimum atomic E-state index is -0.126. The Bertz CT molecular complexity index is 979. The topological polar surface area (TPSA) is 68.0 Å². The van der Waals surface area contributed by atoms with Crippen LogP contribution in [0.2, 0.25) is 0 Å². The summed E-state index contributed by atoms with van der Waals surface area (Å²) < 4.78 is 7.47. The van der Waals surface area contributed by atoms with E-state index in [4.69, 9.17) is 9.84 Å². The van der Waals surface area contributed by atoms with Crippen LogP contribution in [0.1, 0.15) is 52.4 Å². The zero-order valence-electron chi connectivity index (χ0n) is 17.1. The van der Waals surface area contributed by atoms with Gasteiger partial charge in [0.15, 0.2) is 6.61 Å². The Labute approximate surface area is 175 Å². The van der Waals surface area contributed by atoms with E-state index in [1.807, 2.05) is 29.8 Å². The van der Waals surface area contributed by atoms with Gasteiger partial charge in [0.1, 0.15) is 5.75 Å². The second kappa shape index (κ2) is 8.95. The van der Waals surface area contributed by atoms with Crippen molar-refractivity contribution in [2.75, 3.05) is 18.5 Å². The largest absolute Gasteiger partial charge is 0.482 e. The normalized spacial score (nSPS) is 19.5. The number of nitrogens with one attached hydrogen (secondary N) is 1. The van der Waals surface area contributed by atoms with Gasteiger partial charge < -0.3 is 10.1 Å². The number of amides is 1. The fourth-order valence-electron chi connectivity index (χ4n) is 4.03. The lowest BCUT2D eigenvalue weighted by atomic mass is 9.85. The minimum Gasteiger partial charge on any atom is -0.482 e. The molecule has 154 valence electrons. The van der Waals surface area contributed by atoms with Crippen molar-refractivity contribution in [3.8, 4) is 17.0 Å². The highest BCUT2D eigenvalue weighted by Gasteiger charge is 2.20. The van der Waals surface area contributed by atoms with Crippen LogP contribution in [-0.4, -0.2) is 29.4 Å². The van der Waals surface area contributed by atoms with Crippen molar-refractivity contribution in [2.24, 2.45) is 16.0 Å². The molecular weight excluding hydrogens is 384 g/mol. The molecule has 2 aromatic rings. The monoisotopic (exact) mass is 412 g/mol. The number of hydrogen-bond donors (Lipinski definition) is 1. The average molecular weight is 413 g/mol. The number of carbonyl (C=O) groups excluding carboxylic acids is 1. The van der Waals surface area contributed by atoms with Crippen LogP contribution in [0.4, 0.5) is 5.69 Å². The number of anilines is 1. The van der Waals surface area contributed by atoms with Crippen LogP contribution in [0, 0.1) is 5.92 Å². The summed E-state index contributed by atoms with van der Waals surface area (Å²) in [6.45, 7) is 5.09. The van der Waals surface area contributed by atoms with E-state index in [1.165, 1.54) is 31.4 Å². The Hall–Kier alpha value is -2.41. The van der Waals surface area contributed by atoms with Crippen LogP contribution in [0.5, 0.6) is 5.75 Å². The molecule has 29 heavy (non-hydrogen) atoms. The van der Waals surface area contributed by atoms with Gasteiger partial charge in [0.2, 0.25) is 4.80 Å². The molecule has 2 aliphatic rings. The molecular formula is C22H28N4O2S. The Morgan fingerprint density at radius 2 is 2.10 bits per heavy atom. The predicted octanol–water partition coefficient (Wildman–Crippen LogP) is 4.66. The number of aromatic nitrogens is 1. The summed E-state index contributed by atoms with van der Waals surface area (Å²) in [5.41, 5.74) is 3.95. The highest BCUT2D eigenvalue weighted by molar-refractivity contribution is 7.07. The summed E-state index contributed by atoms with van der Waals surface area (Å²) in [4.78, 5) is 17.2. The summed E-state index contributed by atoms with van der Waals surface area (Å²) in [5.74, 6) is 1.42. The number of fused-ring (bicyclic) bond motifs is 1. The molecule has 0 spiro atoms. The Morgan fingerprint density at radius 3 is 2.86 bits per heavy atom. The van der Waals surface area contributed by atoms with Crippen LogP contribution in [-0.2, 0) is 4.79 Å². The molecule has 1 fully saturated rings. The van der Waals surface area contributed by atoms with Crippen LogP contribution >= 0.6 is 11.3 Å². The van der Waals surface area contributed by atoms with E-state index in [0.717, 1.165) is 41.4 Å². The second-order valence-electron chi connectivity index (χ2n) is 7.64. The molecule has 4 rings (SSSR count). The van der Waals surface area contributed by atoms with E-state index < -0.39 is 0 Å².